The molecule has 1 aliphatic rings. The third-order valence-corrected chi connectivity index (χ3v) is 1.09. The molecule has 9 heavy (non-hydrogen) atoms. The molecule has 1 heterocycles. The third-order valence-electron chi connectivity index (χ3n) is 1.09. The first-order valence-electron chi connectivity index (χ1n) is 2.43. The molecule has 0 aromatic rings. The standard InChI is InChI=1S/C4H5NO4/c6-3-1-2-4(7)5(3)9-8/h8H,1-2H2. The summed E-state index contributed by atoms with van der Waals surface area (Å²) in [5.74, 6) is -0.995. The summed E-state index contributed by atoms with van der Waals surface area (Å²) in [7, 11) is 0. The van der Waals surface area contributed by atoms with Crippen molar-refractivity contribution < 1.29 is 19.8 Å². The van der Waals surface area contributed by atoms with E-state index in [0.29, 0.717) is 5.06 Å². The van der Waals surface area contributed by atoms with Crippen molar-refractivity contribution in [3.8, 4) is 0 Å². The highest BCUT2D eigenvalue weighted by Gasteiger charge is 2.30. The molecule has 0 atom stereocenters. The molecule has 0 saturated carbocycles. The van der Waals surface area contributed by atoms with E-state index in [2.05, 4.69) is 4.99 Å². The average molecular weight is 131 g/mol. The maximum Gasteiger partial charge on any atom is 0.256 e. The van der Waals surface area contributed by atoms with Gasteiger partial charge in [0.25, 0.3) is 11.8 Å². The number of hydrogen-bond acceptors (Lipinski definition) is 4. The molecule has 50 valence electrons. The molecule has 0 aliphatic carbocycles. The summed E-state index contributed by atoms with van der Waals surface area (Å²) in [4.78, 5) is 24.3. The van der Waals surface area contributed by atoms with Crippen molar-refractivity contribution in [1.29, 1.82) is 0 Å². The lowest BCUT2D eigenvalue weighted by molar-refractivity contribution is -0.360. The number of rotatable bonds is 1. The van der Waals surface area contributed by atoms with Crippen LogP contribution in [0.2, 0.25) is 0 Å². The van der Waals surface area contributed by atoms with Gasteiger partial charge in [-0.2, -0.15) is 0 Å². The number of carbonyl (C=O) groups excluding carboxylic acids is 2. The summed E-state index contributed by atoms with van der Waals surface area (Å²) >= 11 is 0. The minimum absolute atomic E-state index is 0.124. The predicted molar refractivity (Wildman–Crippen MR) is 24.8 cm³/mol. The Kier molecular flexibility index (Phi) is 1.46. The van der Waals surface area contributed by atoms with Crippen molar-refractivity contribution in [3.63, 3.8) is 0 Å². The van der Waals surface area contributed by atoms with Crippen LogP contribution in [0.25, 0.3) is 0 Å². The van der Waals surface area contributed by atoms with Gasteiger partial charge in [0.15, 0.2) is 0 Å². The summed E-state index contributed by atoms with van der Waals surface area (Å²) in [6.07, 6.45) is 0.249. The predicted octanol–water partition coefficient (Wildman–Crippen LogP) is -0.460. The Morgan fingerprint density at radius 2 is 1.78 bits per heavy atom. The van der Waals surface area contributed by atoms with E-state index < -0.39 is 11.8 Å². The molecule has 0 radical (unpaired) electrons. The number of amides is 2. The third kappa shape index (κ3) is 0.914. The molecule has 1 saturated heterocycles. The van der Waals surface area contributed by atoms with E-state index in [9.17, 15) is 9.59 Å². The van der Waals surface area contributed by atoms with Gasteiger partial charge in [-0.25, -0.2) is 5.26 Å². The molecule has 1 N–H and O–H groups in total. The van der Waals surface area contributed by atoms with Gasteiger partial charge in [-0.3, -0.25) is 9.59 Å². The van der Waals surface area contributed by atoms with E-state index in [-0.39, 0.29) is 12.8 Å². The van der Waals surface area contributed by atoms with E-state index in [0.717, 1.165) is 0 Å². The Morgan fingerprint density at radius 1 is 1.33 bits per heavy atom. The number of nitrogens with zero attached hydrogens (tertiary/aromatic N) is 1. The molecule has 5 nitrogen and oxygen atoms in total. The van der Waals surface area contributed by atoms with Crippen LogP contribution in [0.1, 0.15) is 12.8 Å². The van der Waals surface area contributed by atoms with Gasteiger partial charge in [-0.15, -0.1) is 10.1 Å². The minimum atomic E-state index is -0.498. The molecule has 1 rings (SSSR count). The smallest absolute Gasteiger partial charge is 0.256 e. The van der Waals surface area contributed by atoms with E-state index in [1.54, 1.807) is 0 Å². The normalized spacial score (nSPS) is 19.4. The molecule has 1 fully saturated rings. The molecule has 0 aromatic heterocycles. The number of carbonyl (C=O) groups is 2. The average Bonchev–Trinajstić information content (AvgIpc) is 2.12. The highest BCUT2D eigenvalue weighted by atomic mass is 17.2. The van der Waals surface area contributed by atoms with Gasteiger partial charge in [-0.05, 0) is 0 Å². The topological polar surface area (TPSA) is 66.8 Å². The lowest BCUT2D eigenvalue weighted by Crippen LogP contribution is -2.27. The molecule has 1 aliphatic heterocycles. The second kappa shape index (κ2) is 2.12. The molecule has 0 spiro atoms. The molecule has 2 amide bonds. The highest BCUT2D eigenvalue weighted by molar-refractivity contribution is 6.00. The second-order valence-corrected chi connectivity index (χ2v) is 1.66. The van der Waals surface area contributed by atoms with Crippen molar-refractivity contribution in [1.82, 2.24) is 5.06 Å². The Bertz CT molecular complexity index is 139. The number of imide groups is 1. The van der Waals surface area contributed by atoms with Crippen LogP contribution in [-0.2, 0) is 14.6 Å². The van der Waals surface area contributed by atoms with Crippen LogP contribution in [0.15, 0.2) is 0 Å². The minimum Gasteiger partial charge on any atom is -0.272 e. The van der Waals surface area contributed by atoms with Crippen LogP contribution in [0.4, 0.5) is 0 Å². The highest BCUT2D eigenvalue weighted by Crippen LogP contribution is 2.10. The Morgan fingerprint density at radius 3 is 2.00 bits per heavy atom. The monoisotopic (exact) mass is 131 g/mol. The zero-order chi connectivity index (χ0) is 6.85. The summed E-state index contributed by atoms with van der Waals surface area (Å²) in [5.41, 5.74) is 0. The first kappa shape index (κ1) is 6.18. The zero-order valence-electron chi connectivity index (χ0n) is 4.53. The summed E-state index contributed by atoms with van der Waals surface area (Å²) in [5, 5.41) is 8.24. The maximum absolute atomic E-state index is 10.4. The van der Waals surface area contributed by atoms with Gasteiger partial charge in [0, 0.05) is 12.8 Å². The van der Waals surface area contributed by atoms with Gasteiger partial charge in [0.05, 0.1) is 0 Å². The first-order chi connectivity index (χ1) is 4.25. The van der Waals surface area contributed by atoms with E-state index in [1.807, 2.05) is 0 Å². The van der Waals surface area contributed by atoms with E-state index >= 15 is 0 Å². The van der Waals surface area contributed by atoms with Gasteiger partial charge in [0.1, 0.15) is 0 Å². The van der Waals surface area contributed by atoms with Crippen LogP contribution in [0.5, 0.6) is 0 Å². The Hall–Kier alpha value is -0.940. The van der Waals surface area contributed by atoms with Crippen LogP contribution >= 0.6 is 0 Å². The second-order valence-electron chi connectivity index (χ2n) is 1.66. The zero-order valence-corrected chi connectivity index (χ0v) is 4.53. The maximum atomic E-state index is 10.4. The van der Waals surface area contributed by atoms with Gasteiger partial charge in [-0.1, -0.05) is 0 Å². The van der Waals surface area contributed by atoms with Crippen LogP contribution < -0.4 is 0 Å². The van der Waals surface area contributed by atoms with Gasteiger partial charge >= 0.3 is 0 Å². The Labute approximate surface area is 50.7 Å². The van der Waals surface area contributed by atoms with Gasteiger partial charge < -0.3 is 0 Å². The van der Waals surface area contributed by atoms with Crippen molar-refractivity contribution in [2.24, 2.45) is 0 Å². The van der Waals surface area contributed by atoms with Gasteiger partial charge in [0.2, 0.25) is 0 Å². The summed E-state index contributed by atoms with van der Waals surface area (Å²) < 4.78 is 0. The van der Waals surface area contributed by atoms with Crippen molar-refractivity contribution in [2.45, 2.75) is 12.8 Å². The summed E-state index contributed by atoms with van der Waals surface area (Å²) in [6, 6.07) is 0. The SMILES string of the molecule is O=C1CCC(=O)N1OO. The quantitative estimate of drug-likeness (QED) is 0.297. The molecular weight excluding hydrogens is 126 g/mol. The first-order valence-corrected chi connectivity index (χ1v) is 2.43. The largest absolute Gasteiger partial charge is 0.272 e. The molecule has 5 heteroatoms. The Balaban J connectivity index is 2.66. The van der Waals surface area contributed by atoms with Crippen molar-refractivity contribution >= 4 is 11.8 Å². The molecule has 0 unspecified atom stereocenters. The number of hydrogen-bond donors (Lipinski definition) is 1. The fraction of sp³-hybridized carbons (Fsp3) is 0.500. The fourth-order valence-electron chi connectivity index (χ4n) is 0.647. The van der Waals surface area contributed by atoms with Crippen molar-refractivity contribution in [2.75, 3.05) is 0 Å². The lowest BCUT2D eigenvalue weighted by atomic mass is 10.4. The van der Waals surface area contributed by atoms with E-state index in [4.69, 9.17) is 5.26 Å². The summed E-state index contributed by atoms with van der Waals surface area (Å²) in [6.45, 7) is 0. The van der Waals surface area contributed by atoms with Crippen molar-refractivity contribution in [3.05, 3.63) is 0 Å². The fourth-order valence-corrected chi connectivity index (χ4v) is 0.647. The van der Waals surface area contributed by atoms with Crippen LogP contribution in [-0.4, -0.2) is 22.1 Å². The molecular formula is C4H5NO4. The number of hydroxylamine groups is 2. The van der Waals surface area contributed by atoms with Crippen LogP contribution in [0.3, 0.4) is 0 Å². The van der Waals surface area contributed by atoms with Crippen LogP contribution in [0, 0.1) is 0 Å². The lowest BCUT2D eigenvalue weighted by Gasteiger charge is -2.03. The van der Waals surface area contributed by atoms with E-state index in [1.165, 1.54) is 0 Å². The molecule has 0 aromatic carbocycles. The molecule has 0 bridgehead atoms.